The van der Waals surface area contributed by atoms with Gasteiger partial charge in [-0.2, -0.15) is 0 Å². The normalized spacial score (nSPS) is 11.3. The van der Waals surface area contributed by atoms with Crippen molar-refractivity contribution in [3.05, 3.63) is 34.2 Å². The number of pyridine rings is 1. The molecule has 4 nitrogen and oxygen atoms in total. The summed E-state index contributed by atoms with van der Waals surface area (Å²) in [6.45, 7) is 7.68. The van der Waals surface area contributed by atoms with E-state index in [0.29, 0.717) is 6.54 Å². The molecule has 1 rings (SSSR count). The van der Waals surface area contributed by atoms with Gasteiger partial charge in [-0.1, -0.05) is 6.07 Å². The van der Waals surface area contributed by atoms with Crippen LogP contribution >= 0.6 is 0 Å². The summed E-state index contributed by atoms with van der Waals surface area (Å²) in [4.78, 5) is 23.1. The van der Waals surface area contributed by atoms with Crippen LogP contribution in [-0.4, -0.2) is 16.1 Å². The van der Waals surface area contributed by atoms with Crippen molar-refractivity contribution in [2.75, 3.05) is 0 Å². The Morgan fingerprint density at radius 1 is 1.35 bits per heavy atom. The number of ether oxygens (including phenoxy) is 1. The molecule has 17 heavy (non-hydrogen) atoms. The number of nitrogens with zero attached hydrogens (tertiary/aromatic N) is 1. The highest BCUT2D eigenvalue weighted by Gasteiger charge is 2.16. The molecule has 0 saturated carbocycles. The average Bonchev–Trinajstić information content (AvgIpc) is 2.14. The van der Waals surface area contributed by atoms with Crippen LogP contribution in [0.3, 0.4) is 0 Å². The number of aromatic nitrogens is 1. The van der Waals surface area contributed by atoms with Crippen LogP contribution in [0.25, 0.3) is 0 Å². The zero-order chi connectivity index (χ0) is 13.1. The molecular formula is C13H19NO3. The van der Waals surface area contributed by atoms with Crippen LogP contribution in [0.1, 0.15) is 32.9 Å². The van der Waals surface area contributed by atoms with Gasteiger partial charge in [-0.3, -0.25) is 9.59 Å². The Morgan fingerprint density at radius 3 is 2.53 bits per heavy atom. The SMILES string of the molecule is Cc1cccc(=O)n1CCC(=O)OC(C)(C)C. The van der Waals surface area contributed by atoms with E-state index in [1.807, 2.05) is 33.8 Å². The first kappa shape index (κ1) is 13.5. The molecule has 1 heterocycles. The van der Waals surface area contributed by atoms with Gasteiger partial charge in [0.15, 0.2) is 0 Å². The Bertz CT molecular complexity index is 454. The molecule has 0 aliphatic carbocycles. The molecule has 1 aromatic heterocycles. The fourth-order valence-corrected chi connectivity index (χ4v) is 1.51. The van der Waals surface area contributed by atoms with E-state index in [4.69, 9.17) is 4.74 Å². The average molecular weight is 237 g/mol. The van der Waals surface area contributed by atoms with Crippen LogP contribution in [-0.2, 0) is 16.1 Å². The van der Waals surface area contributed by atoms with Crippen LogP contribution in [0, 0.1) is 6.92 Å². The van der Waals surface area contributed by atoms with Gasteiger partial charge in [0, 0.05) is 18.3 Å². The second kappa shape index (κ2) is 5.17. The van der Waals surface area contributed by atoms with E-state index in [1.54, 1.807) is 10.6 Å². The molecule has 0 unspecified atom stereocenters. The van der Waals surface area contributed by atoms with Crippen molar-refractivity contribution in [2.24, 2.45) is 0 Å². The fourth-order valence-electron chi connectivity index (χ4n) is 1.51. The highest BCUT2D eigenvalue weighted by molar-refractivity contribution is 5.69. The number of esters is 1. The number of rotatable bonds is 3. The molecule has 94 valence electrons. The lowest BCUT2D eigenvalue weighted by Gasteiger charge is -2.19. The van der Waals surface area contributed by atoms with Crippen LogP contribution in [0.15, 0.2) is 23.0 Å². The van der Waals surface area contributed by atoms with E-state index in [-0.39, 0.29) is 17.9 Å². The van der Waals surface area contributed by atoms with Crippen molar-refractivity contribution in [2.45, 2.75) is 46.3 Å². The van der Waals surface area contributed by atoms with Gasteiger partial charge in [0.05, 0.1) is 6.42 Å². The van der Waals surface area contributed by atoms with Gasteiger partial charge in [0.1, 0.15) is 5.60 Å². The maximum atomic E-state index is 11.5. The second-order valence-electron chi connectivity index (χ2n) is 4.99. The fraction of sp³-hybridized carbons (Fsp3) is 0.538. The summed E-state index contributed by atoms with van der Waals surface area (Å²) in [5.74, 6) is -0.285. The van der Waals surface area contributed by atoms with Crippen molar-refractivity contribution in [3.8, 4) is 0 Å². The molecule has 0 amide bonds. The predicted molar refractivity (Wildman–Crippen MR) is 65.9 cm³/mol. The van der Waals surface area contributed by atoms with Crippen molar-refractivity contribution in [1.82, 2.24) is 4.57 Å². The first-order valence-electron chi connectivity index (χ1n) is 5.68. The summed E-state index contributed by atoms with van der Waals surface area (Å²) in [5, 5.41) is 0. The smallest absolute Gasteiger partial charge is 0.308 e. The van der Waals surface area contributed by atoms with Gasteiger partial charge in [0.2, 0.25) is 0 Å². The van der Waals surface area contributed by atoms with E-state index >= 15 is 0 Å². The minimum atomic E-state index is -0.478. The molecule has 0 N–H and O–H groups in total. The summed E-state index contributed by atoms with van der Waals surface area (Å²) in [6.07, 6.45) is 0.210. The maximum absolute atomic E-state index is 11.5. The lowest BCUT2D eigenvalue weighted by Crippen LogP contribution is -2.27. The Labute approximate surface area is 101 Å². The topological polar surface area (TPSA) is 48.3 Å². The van der Waals surface area contributed by atoms with Crippen molar-refractivity contribution >= 4 is 5.97 Å². The van der Waals surface area contributed by atoms with E-state index < -0.39 is 5.60 Å². The second-order valence-corrected chi connectivity index (χ2v) is 4.99. The number of hydrogen-bond donors (Lipinski definition) is 0. The highest BCUT2D eigenvalue weighted by atomic mass is 16.6. The molecule has 0 aromatic carbocycles. The van der Waals surface area contributed by atoms with Gasteiger partial charge >= 0.3 is 5.97 Å². The minimum absolute atomic E-state index is 0.0893. The van der Waals surface area contributed by atoms with E-state index in [0.717, 1.165) is 5.69 Å². The van der Waals surface area contributed by atoms with Crippen molar-refractivity contribution in [3.63, 3.8) is 0 Å². The maximum Gasteiger partial charge on any atom is 0.308 e. The third kappa shape index (κ3) is 4.43. The lowest BCUT2D eigenvalue weighted by atomic mass is 10.2. The van der Waals surface area contributed by atoms with Gasteiger partial charge < -0.3 is 9.30 Å². The molecule has 4 heteroatoms. The molecule has 0 saturated heterocycles. The number of carbonyl (C=O) groups excluding carboxylic acids is 1. The largest absolute Gasteiger partial charge is 0.460 e. The Morgan fingerprint density at radius 2 is 2.00 bits per heavy atom. The highest BCUT2D eigenvalue weighted by Crippen LogP contribution is 2.08. The number of hydrogen-bond acceptors (Lipinski definition) is 3. The monoisotopic (exact) mass is 237 g/mol. The molecule has 0 fully saturated rings. The quantitative estimate of drug-likeness (QED) is 0.754. The molecule has 0 bridgehead atoms. The van der Waals surface area contributed by atoms with Crippen LogP contribution in [0.4, 0.5) is 0 Å². The number of aryl methyl sites for hydroxylation is 1. The summed E-state index contributed by atoms with van der Waals surface area (Å²) >= 11 is 0. The van der Waals surface area contributed by atoms with Gasteiger partial charge in [-0.25, -0.2) is 0 Å². The summed E-state index contributed by atoms with van der Waals surface area (Å²) < 4.78 is 6.76. The first-order valence-corrected chi connectivity index (χ1v) is 5.68. The van der Waals surface area contributed by atoms with Crippen LogP contribution in [0.2, 0.25) is 0 Å². The summed E-state index contributed by atoms with van der Waals surface area (Å²) in [5.41, 5.74) is 0.281. The lowest BCUT2D eigenvalue weighted by molar-refractivity contribution is -0.155. The standard InChI is InChI=1S/C13H19NO3/c1-10-6-5-7-11(15)14(10)9-8-12(16)17-13(2,3)4/h5-7H,8-9H2,1-4H3. The molecule has 0 spiro atoms. The Kier molecular flexibility index (Phi) is 4.10. The summed E-state index contributed by atoms with van der Waals surface area (Å²) in [6, 6.07) is 5.04. The predicted octanol–water partition coefficient (Wildman–Crippen LogP) is 1.89. The Balaban J connectivity index is 2.63. The molecular weight excluding hydrogens is 218 g/mol. The zero-order valence-corrected chi connectivity index (χ0v) is 10.8. The van der Waals surface area contributed by atoms with Gasteiger partial charge in [-0.15, -0.1) is 0 Å². The molecule has 0 atom stereocenters. The third-order valence-electron chi connectivity index (χ3n) is 2.23. The molecule has 0 aliphatic heterocycles. The van der Waals surface area contributed by atoms with Crippen molar-refractivity contribution < 1.29 is 9.53 Å². The summed E-state index contributed by atoms with van der Waals surface area (Å²) in [7, 11) is 0. The zero-order valence-electron chi connectivity index (χ0n) is 10.8. The van der Waals surface area contributed by atoms with E-state index in [9.17, 15) is 9.59 Å². The molecule has 0 aliphatic rings. The minimum Gasteiger partial charge on any atom is -0.460 e. The molecule has 1 aromatic rings. The van der Waals surface area contributed by atoms with E-state index in [2.05, 4.69) is 0 Å². The van der Waals surface area contributed by atoms with E-state index in [1.165, 1.54) is 6.07 Å². The van der Waals surface area contributed by atoms with Crippen LogP contribution < -0.4 is 5.56 Å². The first-order chi connectivity index (χ1) is 7.79. The van der Waals surface area contributed by atoms with Crippen LogP contribution in [0.5, 0.6) is 0 Å². The number of carbonyl (C=O) groups is 1. The van der Waals surface area contributed by atoms with Gasteiger partial charge in [-0.05, 0) is 33.8 Å². The van der Waals surface area contributed by atoms with Crippen molar-refractivity contribution in [1.29, 1.82) is 0 Å². The Hall–Kier alpha value is -1.58. The van der Waals surface area contributed by atoms with Gasteiger partial charge in [0.25, 0.3) is 5.56 Å². The third-order valence-corrected chi connectivity index (χ3v) is 2.23. The molecule has 0 radical (unpaired) electrons.